The van der Waals surface area contributed by atoms with E-state index >= 15 is 0 Å². The summed E-state index contributed by atoms with van der Waals surface area (Å²) < 4.78 is 18.8. The van der Waals surface area contributed by atoms with Crippen molar-refractivity contribution in [3.05, 3.63) is 158 Å². The lowest BCUT2D eigenvalue weighted by Gasteiger charge is -2.19. The molecule has 228 valence electrons. The third-order valence-electron chi connectivity index (χ3n) is 10.2. The first kappa shape index (κ1) is 26.5. The normalized spacial score (nSPS) is 12.1. The summed E-state index contributed by atoms with van der Waals surface area (Å²) >= 11 is 0. The number of hydrogen-bond donors (Lipinski definition) is 0. The molecule has 3 aromatic heterocycles. The Bertz CT molecular complexity index is 3060. The van der Waals surface area contributed by atoms with Crippen LogP contribution in [0.3, 0.4) is 0 Å². The Hall–Kier alpha value is -6.58. The minimum Gasteiger partial charge on any atom is -0.464 e. The largest absolute Gasteiger partial charge is 0.464 e. The summed E-state index contributed by atoms with van der Waals surface area (Å²) in [7, 11) is 0. The lowest BCUT2D eigenvalue weighted by Crippen LogP contribution is -1.92. The molecule has 0 fully saturated rings. The van der Waals surface area contributed by atoms with Gasteiger partial charge in [-0.2, -0.15) is 0 Å². The van der Waals surface area contributed by atoms with Gasteiger partial charge in [-0.3, -0.25) is 0 Å². The van der Waals surface area contributed by atoms with Gasteiger partial charge in [-0.1, -0.05) is 115 Å². The molecule has 49 heavy (non-hydrogen) atoms. The highest BCUT2D eigenvalue weighted by molar-refractivity contribution is 6.27. The molecule has 0 amide bonds. The van der Waals surface area contributed by atoms with Gasteiger partial charge in [0.15, 0.2) is 0 Å². The number of fused-ring (bicyclic) bond motifs is 10. The van der Waals surface area contributed by atoms with Crippen LogP contribution in [0.15, 0.2) is 171 Å². The van der Waals surface area contributed by atoms with Gasteiger partial charge in [-0.05, 0) is 85.8 Å². The topological polar surface area (TPSA) is 39.4 Å². The van der Waals surface area contributed by atoms with Crippen molar-refractivity contribution in [2.24, 2.45) is 0 Å². The van der Waals surface area contributed by atoms with Crippen molar-refractivity contribution >= 4 is 76.4 Å². The molecular weight excluding hydrogens is 601 g/mol. The lowest BCUT2D eigenvalue weighted by molar-refractivity contribution is 0.617. The predicted molar refractivity (Wildman–Crippen MR) is 202 cm³/mol. The van der Waals surface area contributed by atoms with Crippen LogP contribution in [0.2, 0.25) is 0 Å². The summed E-state index contributed by atoms with van der Waals surface area (Å²) in [4.78, 5) is 0. The number of rotatable bonds is 3. The zero-order valence-corrected chi connectivity index (χ0v) is 26.2. The summed E-state index contributed by atoms with van der Waals surface area (Å²) in [6.07, 6.45) is 1.77. The first-order chi connectivity index (χ1) is 24.3. The number of para-hydroxylation sites is 2. The molecule has 0 N–H and O–H groups in total. The van der Waals surface area contributed by atoms with Crippen molar-refractivity contribution in [2.45, 2.75) is 0 Å². The Labute approximate surface area is 280 Å². The van der Waals surface area contributed by atoms with E-state index in [1.54, 1.807) is 6.26 Å². The van der Waals surface area contributed by atoms with Crippen molar-refractivity contribution in [1.82, 2.24) is 0 Å². The molecule has 0 aliphatic heterocycles. The van der Waals surface area contributed by atoms with E-state index in [4.69, 9.17) is 13.3 Å². The van der Waals surface area contributed by atoms with Gasteiger partial charge >= 0.3 is 0 Å². The van der Waals surface area contributed by atoms with E-state index in [2.05, 4.69) is 121 Å². The van der Waals surface area contributed by atoms with Crippen molar-refractivity contribution in [1.29, 1.82) is 0 Å². The molecule has 8 aromatic carbocycles. The van der Waals surface area contributed by atoms with Gasteiger partial charge < -0.3 is 13.3 Å². The molecule has 0 saturated carbocycles. The molecule has 0 atom stereocenters. The highest BCUT2D eigenvalue weighted by atomic mass is 16.3. The highest BCUT2D eigenvalue weighted by Crippen LogP contribution is 2.48. The quantitative estimate of drug-likeness (QED) is 0.183. The van der Waals surface area contributed by atoms with Crippen LogP contribution < -0.4 is 0 Å². The molecule has 0 radical (unpaired) electrons. The van der Waals surface area contributed by atoms with Crippen molar-refractivity contribution in [3.63, 3.8) is 0 Å². The molecule has 11 rings (SSSR count). The van der Waals surface area contributed by atoms with Gasteiger partial charge in [0.25, 0.3) is 0 Å². The highest BCUT2D eigenvalue weighted by Gasteiger charge is 2.22. The van der Waals surface area contributed by atoms with Crippen LogP contribution >= 0.6 is 0 Å². The van der Waals surface area contributed by atoms with Gasteiger partial charge in [0.1, 0.15) is 27.9 Å². The van der Waals surface area contributed by atoms with Gasteiger partial charge in [0.05, 0.1) is 6.26 Å². The van der Waals surface area contributed by atoms with Gasteiger partial charge in [0, 0.05) is 32.5 Å². The minimum absolute atomic E-state index is 0.861. The summed E-state index contributed by atoms with van der Waals surface area (Å²) in [5, 5.41) is 10.3. The zero-order chi connectivity index (χ0) is 32.1. The van der Waals surface area contributed by atoms with E-state index in [1.165, 1.54) is 38.2 Å². The fraction of sp³-hybridized carbons (Fsp3) is 0. The zero-order valence-electron chi connectivity index (χ0n) is 26.2. The molecule has 11 aromatic rings. The monoisotopic (exact) mass is 626 g/mol. The smallest absolute Gasteiger partial charge is 0.141 e. The second-order valence-corrected chi connectivity index (χ2v) is 12.8. The van der Waals surface area contributed by atoms with E-state index in [1.807, 2.05) is 30.3 Å². The Morgan fingerprint density at radius 3 is 1.63 bits per heavy atom. The Morgan fingerprint density at radius 1 is 0.347 bits per heavy atom. The van der Waals surface area contributed by atoms with Gasteiger partial charge in [-0.15, -0.1) is 0 Å². The second-order valence-electron chi connectivity index (χ2n) is 12.8. The SMILES string of the molecule is c1ccc(-c2cccc3ccoc23)c(-c2c3ccccc3c(-c3ccc4oc5ccc6oc7ccccc7c6c5c4c3)c3ccccc23)c1. The predicted octanol–water partition coefficient (Wildman–Crippen LogP) is 13.5. The molecule has 0 aliphatic rings. The third-order valence-corrected chi connectivity index (χ3v) is 10.2. The minimum atomic E-state index is 0.861. The molecule has 0 unspecified atom stereocenters. The van der Waals surface area contributed by atoms with Crippen LogP contribution in [-0.2, 0) is 0 Å². The van der Waals surface area contributed by atoms with Crippen LogP contribution in [0.5, 0.6) is 0 Å². The molecule has 0 spiro atoms. The number of hydrogen-bond acceptors (Lipinski definition) is 3. The van der Waals surface area contributed by atoms with E-state index < -0.39 is 0 Å². The number of benzene rings is 8. The molecule has 0 saturated heterocycles. The maximum atomic E-state index is 6.45. The Morgan fingerprint density at radius 2 is 0.898 bits per heavy atom. The Balaban J connectivity index is 1.23. The fourth-order valence-electron chi connectivity index (χ4n) is 8.11. The van der Waals surface area contributed by atoms with Crippen LogP contribution in [0, 0.1) is 0 Å². The first-order valence-corrected chi connectivity index (χ1v) is 16.6. The van der Waals surface area contributed by atoms with Gasteiger partial charge in [0.2, 0.25) is 0 Å². The van der Waals surface area contributed by atoms with Gasteiger partial charge in [-0.25, -0.2) is 0 Å². The molecule has 3 nitrogen and oxygen atoms in total. The molecule has 3 heterocycles. The van der Waals surface area contributed by atoms with Crippen molar-refractivity contribution in [2.75, 3.05) is 0 Å². The lowest BCUT2D eigenvalue weighted by atomic mass is 9.83. The summed E-state index contributed by atoms with van der Waals surface area (Å²) in [5.74, 6) is 0. The molecule has 0 aliphatic carbocycles. The second kappa shape index (κ2) is 9.96. The molecule has 3 heteroatoms. The molecule has 0 bridgehead atoms. The Kier molecular flexibility index (Phi) is 5.38. The van der Waals surface area contributed by atoms with Crippen LogP contribution in [0.1, 0.15) is 0 Å². The summed E-state index contributed by atoms with van der Waals surface area (Å²) in [6, 6.07) is 53.7. The molecular formula is C46H26O3. The van der Waals surface area contributed by atoms with Crippen molar-refractivity contribution < 1.29 is 13.3 Å². The van der Waals surface area contributed by atoms with Crippen molar-refractivity contribution in [3.8, 4) is 33.4 Å². The summed E-state index contributed by atoms with van der Waals surface area (Å²) in [5.41, 5.74) is 11.4. The van der Waals surface area contributed by atoms with Crippen LogP contribution in [0.25, 0.3) is 110 Å². The van der Waals surface area contributed by atoms with Crippen LogP contribution in [0.4, 0.5) is 0 Å². The van der Waals surface area contributed by atoms with E-state index in [9.17, 15) is 0 Å². The average molecular weight is 627 g/mol. The van der Waals surface area contributed by atoms with E-state index in [0.717, 1.165) is 71.5 Å². The third kappa shape index (κ3) is 3.73. The summed E-state index contributed by atoms with van der Waals surface area (Å²) in [6.45, 7) is 0. The maximum Gasteiger partial charge on any atom is 0.141 e. The number of furan rings is 3. The van der Waals surface area contributed by atoms with Crippen LogP contribution in [-0.4, -0.2) is 0 Å². The fourth-order valence-corrected chi connectivity index (χ4v) is 8.11. The first-order valence-electron chi connectivity index (χ1n) is 16.6. The van der Waals surface area contributed by atoms with E-state index in [-0.39, 0.29) is 0 Å². The standard InChI is InChI=1S/C46H26O3/c1-2-12-30(29(11-1)35-18-9-10-27-24-25-47-46(27)35)43-33-15-5-3-13-31(33)42(32-14-4-6-16-34(32)43)28-20-21-39-37(26-28)45-41(49-39)23-22-40-44(45)36-17-7-8-19-38(36)48-40/h1-26H. The van der Waals surface area contributed by atoms with E-state index in [0.29, 0.717) is 0 Å². The average Bonchev–Trinajstić information content (AvgIpc) is 3.89. The maximum absolute atomic E-state index is 6.45.